The molecule has 5 rings (SSSR count). The average Bonchev–Trinajstić information content (AvgIpc) is 3.17. The van der Waals surface area contributed by atoms with Crippen molar-refractivity contribution >= 4 is 46.6 Å². The van der Waals surface area contributed by atoms with E-state index >= 15 is 0 Å². The first-order valence-corrected chi connectivity index (χ1v) is 12.5. The Balaban J connectivity index is 1.67. The van der Waals surface area contributed by atoms with Crippen LogP contribution in [0.4, 0.5) is 11.4 Å². The number of para-hydroxylation sites is 2. The summed E-state index contributed by atoms with van der Waals surface area (Å²) in [4.78, 5) is 30.6. The molecule has 1 fully saturated rings. The quantitative estimate of drug-likeness (QED) is 0.182. The lowest BCUT2D eigenvalue weighted by atomic mass is 10.0. The Labute approximate surface area is 222 Å². The number of thiocarbonyl (C=S) groups is 1. The molecule has 0 unspecified atom stereocenters. The van der Waals surface area contributed by atoms with Crippen molar-refractivity contribution < 1.29 is 9.59 Å². The van der Waals surface area contributed by atoms with E-state index in [1.54, 1.807) is 6.08 Å². The maximum Gasteiger partial charge on any atom is 0.270 e. The molecule has 0 bridgehead atoms. The summed E-state index contributed by atoms with van der Waals surface area (Å²) in [6.45, 7) is 8.01. The molecule has 0 radical (unpaired) electrons. The van der Waals surface area contributed by atoms with E-state index in [0.29, 0.717) is 11.4 Å². The Morgan fingerprint density at radius 1 is 0.649 bits per heavy atom. The highest BCUT2D eigenvalue weighted by atomic mass is 32.1. The Bertz CT molecular complexity index is 1570. The molecule has 0 atom stereocenters. The number of hydrogen-bond donors (Lipinski definition) is 0. The number of aromatic nitrogens is 1. The van der Waals surface area contributed by atoms with Crippen molar-refractivity contribution in [3.8, 4) is 5.69 Å². The van der Waals surface area contributed by atoms with E-state index < -0.39 is 11.8 Å². The zero-order valence-electron chi connectivity index (χ0n) is 21.2. The Morgan fingerprint density at radius 3 is 1.81 bits per heavy atom. The van der Waals surface area contributed by atoms with Gasteiger partial charge < -0.3 is 4.57 Å². The highest BCUT2D eigenvalue weighted by molar-refractivity contribution is 7.81. The summed E-state index contributed by atoms with van der Waals surface area (Å²) in [5.74, 6) is -0.874. The molecule has 1 aliphatic heterocycles. The fourth-order valence-electron chi connectivity index (χ4n) is 4.69. The summed E-state index contributed by atoms with van der Waals surface area (Å²) in [6.07, 6.45) is 1.69. The second kappa shape index (κ2) is 9.64. The van der Waals surface area contributed by atoms with E-state index in [-0.39, 0.29) is 10.7 Å². The number of carbonyl (C=O) groups is 2. The van der Waals surface area contributed by atoms with Crippen molar-refractivity contribution in [3.05, 3.63) is 119 Å². The minimum absolute atomic E-state index is 0.0593. The third-order valence-electron chi connectivity index (χ3n) is 6.80. The van der Waals surface area contributed by atoms with Crippen molar-refractivity contribution in [1.29, 1.82) is 0 Å². The van der Waals surface area contributed by atoms with Crippen LogP contribution in [-0.2, 0) is 9.59 Å². The molecular formula is C31H27N3O2S. The van der Waals surface area contributed by atoms with Crippen LogP contribution in [0.2, 0.25) is 0 Å². The molecule has 5 nitrogen and oxygen atoms in total. The lowest BCUT2D eigenvalue weighted by Gasteiger charge is -2.36. The SMILES string of the molecule is Cc1ccc(N2C(=O)/C(=C/c3cc(C)n(-c4ccccc4)c3C)C(=O)N(c3ccccc3)C2=S)cc1C. The Morgan fingerprint density at radius 2 is 1.22 bits per heavy atom. The number of amides is 2. The molecule has 0 N–H and O–H groups in total. The zero-order chi connectivity index (χ0) is 26.3. The summed E-state index contributed by atoms with van der Waals surface area (Å²) in [7, 11) is 0. The average molecular weight is 506 g/mol. The van der Waals surface area contributed by atoms with Crippen LogP contribution in [0, 0.1) is 27.7 Å². The number of hydrogen-bond acceptors (Lipinski definition) is 3. The summed E-state index contributed by atoms with van der Waals surface area (Å²) < 4.78 is 2.12. The molecule has 4 aromatic rings. The van der Waals surface area contributed by atoms with Crippen LogP contribution in [-0.4, -0.2) is 21.5 Å². The number of rotatable bonds is 4. The van der Waals surface area contributed by atoms with Crippen LogP contribution in [0.1, 0.15) is 28.1 Å². The fraction of sp³-hybridized carbons (Fsp3) is 0.129. The van der Waals surface area contributed by atoms with E-state index in [4.69, 9.17) is 12.2 Å². The van der Waals surface area contributed by atoms with E-state index in [9.17, 15) is 9.59 Å². The normalized spacial score (nSPS) is 15.1. The van der Waals surface area contributed by atoms with Crippen LogP contribution < -0.4 is 9.80 Å². The standard InChI is InChI=1S/C31H27N3O2S/c1-20-15-16-27(17-21(20)2)34-30(36)28(29(35)33(31(34)37)26-13-9-6-10-14-26)19-24-18-22(3)32(23(24)4)25-11-7-5-8-12-25/h5-19H,1-4H3/b28-19+. The number of aryl methyl sites for hydroxylation is 3. The minimum atomic E-state index is -0.439. The number of benzene rings is 3. The van der Waals surface area contributed by atoms with Gasteiger partial charge in [-0.3, -0.25) is 19.4 Å². The third-order valence-corrected chi connectivity index (χ3v) is 7.16. The van der Waals surface area contributed by atoms with Gasteiger partial charge >= 0.3 is 0 Å². The van der Waals surface area contributed by atoms with Crippen LogP contribution in [0.5, 0.6) is 0 Å². The van der Waals surface area contributed by atoms with Crippen LogP contribution >= 0.6 is 12.2 Å². The second-order valence-electron chi connectivity index (χ2n) is 9.22. The van der Waals surface area contributed by atoms with Gasteiger partial charge in [0.1, 0.15) is 5.57 Å². The first kappa shape index (κ1) is 24.4. The molecule has 0 saturated carbocycles. The molecule has 2 amide bonds. The molecule has 1 saturated heterocycles. The molecule has 3 aromatic carbocycles. The summed E-state index contributed by atoms with van der Waals surface area (Å²) in [5.41, 5.74) is 7.22. The topological polar surface area (TPSA) is 45.6 Å². The van der Waals surface area contributed by atoms with Gasteiger partial charge in [0.2, 0.25) is 0 Å². The largest absolute Gasteiger partial charge is 0.318 e. The first-order chi connectivity index (χ1) is 17.8. The summed E-state index contributed by atoms with van der Waals surface area (Å²) in [6, 6.07) is 27.0. The third kappa shape index (κ3) is 4.30. The van der Waals surface area contributed by atoms with Crippen LogP contribution in [0.15, 0.2) is 90.5 Å². The van der Waals surface area contributed by atoms with E-state index in [1.165, 1.54) is 9.80 Å². The Kier molecular flexibility index (Phi) is 6.36. The molecule has 1 aromatic heterocycles. The van der Waals surface area contributed by atoms with Gasteiger partial charge in [-0.05, 0) is 105 Å². The van der Waals surface area contributed by atoms with Crippen molar-refractivity contribution in [2.24, 2.45) is 0 Å². The maximum atomic E-state index is 13.9. The second-order valence-corrected chi connectivity index (χ2v) is 9.59. The van der Waals surface area contributed by atoms with Crippen LogP contribution in [0.25, 0.3) is 11.8 Å². The summed E-state index contributed by atoms with van der Waals surface area (Å²) >= 11 is 5.75. The maximum absolute atomic E-state index is 13.9. The monoisotopic (exact) mass is 505 g/mol. The Hall–Kier alpha value is -4.29. The first-order valence-electron chi connectivity index (χ1n) is 12.1. The molecule has 37 heavy (non-hydrogen) atoms. The predicted molar refractivity (Wildman–Crippen MR) is 153 cm³/mol. The molecule has 184 valence electrons. The van der Waals surface area contributed by atoms with Crippen LogP contribution in [0.3, 0.4) is 0 Å². The molecule has 2 heterocycles. The lowest BCUT2D eigenvalue weighted by molar-refractivity contribution is -0.120. The van der Waals surface area contributed by atoms with E-state index in [2.05, 4.69) is 4.57 Å². The molecule has 1 aliphatic rings. The molecule has 0 spiro atoms. The molecular weight excluding hydrogens is 478 g/mol. The van der Waals surface area contributed by atoms with Gasteiger partial charge in [0.25, 0.3) is 11.8 Å². The van der Waals surface area contributed by atoms with Gasteiger partial charge in [0.15, 0.2) is 5.11 Å². The fourth-order valence-corrected chi connectivity index (χ4v) is 5.07. The van der Waals surface area contributed by atoms with Gasteiger partial charge in [-0.15, -0.1) is 0 Å². The van der Waals surface area contributed by atoms with Crippen molar-refractivity contribution in [2.75, 3.05) is 9.80 Å². The zero-order valence-corrected chi connectivity index (χ0v) is 22.0. The van der Waals surface area contributed by atoms with E-state index in [1.807, 2.05) is 113 Å². The number of carbonyl (C=O) groups excluding carboxylic acids is 2. The van der Waals surface area contributed by atoms with Gasteiger partial charge in [-0.25, -0.2) is 0 Å². The van der Waals surface area contributed by atoms with Crippen molar-refractivity contribution in [2.45, 2.75) is 27.7 Å². The van der Waals surface area contributed by atoms with Crippen molar-refractivity contribution in [3.63, 3.8) is 0 Å². The van der Waals surface area contributed by atoms with Crippen molar-refractivity contribution in [1.82, 2.24) is 4.57 Å². The van der Waals surface area contributed by atoms with Gasteiger partial charge in [-0.2, -0.15) is 0 Å². The van der Waals surface area contributed by atoms with Gasteiger partial charge in [0.05, 0.1) is 11.4 Å². The van der Waals surface area contributed by atoms with Gasteiger partial charge in [0, 0.05) is 17.1 Å². The number of anilines is 2. The highest BCUT2D eigenvalue weighted by Gasteiger charge is 2.41. The molecule has 6 heteroatoms. The number of nitrogens with zero attached hydrogens (tertiary/aromatic N) is 3. The van der Waals surface area contributed by atoms with E-state index in [0.717, 1.165) is 33.8 Å². The lowest BCUT2D eigenvalue weighted by Crippen LogP contribution is -2.57. The minimum Gasteiger partial charge on any atom is -0.318 e. The molecule has 0 aliphatic carbocycles. The summed E-state index contributed by atoms with van der Waals surface area (Å²) in [5, 5.41) is 0.136. The predicted octanol–water partition coefficient (Wildman–Crippen LogP) is 6.46. The van der Waals surface area contributed by atoms with Gasteiger partial charge in [-0.1, -0.05) is 42.5 Å². The highest BCUT2D eigenvalue weighted by Crippen LogP contribution is 2.32. The smallest absolute Gasteiger partial charge is 0.270 e.